The summed E-state index contributed by atoms with van der Waals surface area (Å²) in [6, 6.07) is 2.62. The molecule has 0 bridgehead atoms. The van der Waals surface area contributed by atoms with Crippen molar-refractivity contribution in [2.45, 2.75) is 65.1 Å². The van der Waals surface area contributed by atoms with Crippen LogP contribution in [-0.2, 0) is 4.79 Å². The average Bonchev–Trinajstić information content (AvgIpc) is 2.61. The molecule has 0 saturated carbocycles. The molecule has 162 valence electrons. The van der Waals surface area contributed by atoms with Crippen LogP contribution < -0.4 is 4.74 Å². The zero-order valence-corrected chi connectivity index (χ0v) is 17.6. The van der Waals surface area contributed by atoms with Gasteiger partial charge < -0.3 is 14.7 Å². The Kier molecular flexibility index (Phi) is 7.08. The molecule has 1 N–H and O–H groups in total. The number of halogens is 2. The number of ether oxygens (including phenoxy) is 1. The second kappa shape index (κ2) is 8.97. The number of carbonyl (C=O) groups is 2. The SMILES string of the molecule is CC(C)[C@@H](C(=O)N1CCC(Oc2ccc(F)c(F)c2)CC1)N(C(=O)O)C(C)(C)C. The van der Waals surface area contributed by atoms with Crippen molar-refractivity contribution in [3.63, 3.8) is 0 Å². The first-order valence-corrected chi connectivity index (χ1v) is 9.84. The van der Waals surface area contributed by atoms with Gasteiger partial charge in [-0.25, -0.2) is 13.6 Å². The van der Waals surface area contributed by atoms with Crippen LogP contribution in [0, 0.1) is 17.6 Å². The Bertz CT molecular complexity index is 741. The normalized spacial score (nSPS) is 16.6. The number of carbonyl (C=O) groups excluding carboxylic acids is 1. The molecule has 1 aromatic carbocycles. The topological polar surface area (TPSA) is 70.1 Å². The summed E-state index contributed by atoms with van der Waals surface area (Å²) in [6.07, 6.45) is -0.295. The second-order valence-corrected chi connectivity index (χ2v) is 8.73. The van der Waals surface area contributed by atoms with E-state index in [1.165, 1.54) is 11.0 Å². The lowest BCUT2D eigenvalue weighted by atomic mass is 9.94. The molecule has 1 heterocycles. The number of hydrogen-bond acceptors (Lipinski definition) is 3. The maximum atomic E-state index is 13.3. The van der Waals surface area contributed by atoms with Gasteiger partial charge in [0.1, 0.15) is 17.9 Å². The fourth-order valence-electron chi connectivity index (χ4n) is 3.64. The van der Waals surface area contributed by atoms with E-state index in [0.29, 0.717) is 25.9 Å². The third-order valence-corrected chi connectivity index (χ3v) is 5.04. The fourth-order valence-corrected chi connectivity index (χ4v) is 3.64. The van der Waals surface area contributed by atoms with Crippen molar-refractivity contribution in [2.24, 2.45) is 5.92 Å². The highest BCUT2D eigenvalue weighted by Crippen LogP contribution is 2.26. The van der Waals surface area contributed by atoms with Crippen LogP contribution in [0.5, 0.6) is 5.75 Å². The van der Waals surface area contributed by atoms with E-state index in [1.54, 1.807) is 25.7 Å². The highest BCUT2D eigenvalue weighted by Gasteiger charge is 2.41. The molecule has 29 heavy (non-hydrogen) atoms. The second-order valence-electron chi connectivity index (χ2n) is 8.73. The molecule has 1 fully saturated rings. The maximum absolute atomic E-state index is 13.3. The van der Waals surface area contributed by atoms with Gasteiger partial charge in [0, 0.05) is 37.5 Å². The Morgan fingerprint density at radius 1 is 1.17 bits per heavy atom. The van der Waals surface area contributed by atoms with Gasteiger partial charge in [0.25, 0.3) is 0 Å². The van der Waals surface area contributed by atoms with Crippen LogP contribution in [0.25, 0.3) is 0 Å². The van der Waals surface area contributed by atoms with E-state index in [0.717, 1.165) is 12.1 Å². The molecular formula is C21H30F2N2O4. The Labute approximate surface area is 170 Å². The van der Waals surface area contributed by atoms with Gasteiger partial charge in [-0.2, -0.15) is 0 Å². The first-order chi connectivity index (χ1) is 13.4. The summed E-state index contributed by atoms with van der Waals surface area (Å²) in [4.78, 5) is 27.9. The summed E-state index contributed by atoms with van der Waals surface area (Å²) in [5, 5.41) is 9.70. The molecular weight excluding hydrogens is 382 g/mol. The van der Waals surface area contributed by atoms with E-state index in [-0.39, 0.29) is 23.7 Å². The molecule has 2 rings (SSSR count). The van der Waals surface area contributed by atoms with E-state index in [2.05, 4.69) is 0 Å². The molecule has 0 aliphatic carbocycles. The number of nitrogens with zero attached hydrogens (tertiary/aromatic N) is 2. The Hall–Kier alpha value is -2.38. The molecule has 6 nitrogen and oxygen atoms in total. The molecule has 2 amide bonds. The van der Waals surface area contributed by atoms with Crippen molar-refractivity contribution in [1.82, 2.24) is 9.80 Å². The molecule has 8 heteroatoms. The number of likely N-dealkylation sites (tertiary alicyclic amines) is 1. The summed E-state index contributed by atoms with van der Waals surface area (Å²) in [6.45, 7) is 9.80. The first kappa shape index (κ1) is 22.9. The van der Waals surface area contributed by atoms with E-state index < -0.39 is 29.3 Å². The number of benzene rings is 1. The highest BCUT2D eigenvalue weighted by atomic mass is 19.2. The quantitative estimate of drug-likeness (QED) is 0.789. The minimum Gasteiger partial charge on any atom is -0.490 e. The summed E-state index contributed by atoms with van der Waals surface area (Å²) in [5.74, 6) is -2.05. The number of hydrogen-bond donors (Lipinski definition) is 1. The van der Waals surface area contributed by atoms with E-state index in [9.17, 15) is 23.5 Å². The average molecular weight is 412 g/mol. The predicted molar refractivity (Wildman–Crippen MR) is 105 cm³/mol. The third kappa shape index (κ3) is 5.58. The Morgan fingerprint density at radius 2 is 1.76 bits per heavy atom. The van der Waals surface area contributed by atoms with Gasteiger partial charge in [-0.1, -0.05) is 13.8 Å². The standard InChI is InChI=1S/C21H30F2N2O4/c1-13(2)18(25(20(27)28)21(3,4)5)19(26)24-10-8-14(9-11-24)29-15-6-7-16(22)17(23)12-15/h6-7,12-14,18H,8-11H2,1-5H3,(H,27,28)/t18-/m0/s1. The predicted octanol–water partition coefficient (Wildman–Crippen LogP) is 4.14. The van der Waals surface area contributed by atoms with Gasteiger partial charge in [0.2, 0.25) is 5.91 Å². The number of rotatable bonds is 5. The van der Waals surface area contributed by atoms with Crippen molar-refractivity contribution in [1.29, 1.82) is 0 Å². The lowest BCUT2D eigenvalue weighted by molar-refractivity contribution is -0.141. The van der Waals surface area contributed by atoms with Crippen molar-refractivity contribution >= 4 is 12.0 Å². The van der Waals surface area contributed by atoms with Crippen LogP contribution in [0.15, 0.2) is 18.2 Å². The van der Waals surface area contributed by atoms with Crippen LogP contribution in [-0.4, -0.2) is 57.7 Å². The summed E-state index contributed by atoms with van der Waals surface area (Å²) >= 11 is 0. The van der Waals surface area contributed by atoms with Crippen LogP contribution in [0.3, 0.4) is 0 Å². The molecule has 0 radical (unpaired) electrons. The van der Waals surface area contributed by atoms with E-state index >= 15 is 0 Å². The zero-order valence-electron chi connectivity index (χ0n) is 17.6. The molecule has 0 unspecified atom stereocenters. The molecule has 1 atom stereocenters. The van der Waals surface area contributed by atoms with Crippen molar-refractivity contribution in [3.8, 4) is 5.75 Å². The lowest BCUT2D eigenvalue weighted by Gasteiger charge is -2.43. The van der Waals surface area contributed by atoms with E-state index in [4.69, 9.17) is 4.74 Å². The summed E-state index contributed by atoms with van der Waals surface area (Å²) in [7, 11) is 0. The van der Waals surface area contributed by atoms with Gasteiger partial charge in [-0.05, 0) is 38.8 Å². The minimum atomic E-state index is -1.12. The molecule has 0 aromatic heterocycles. The minimum absolute atomic E-state index is 0.186. The smallest absolute Gasteiger partial charge is 0.408 e. The highest BCUT2D eigenvalue weighted by molar-refractivity contribution is 5.86. The van der Waals surface area contributed by atoms with E-state index in [1.807, 2.05) is 13.8 Å². The van der Waals surface area contributed by atoms with Crippen LogP contribution in [0.1, 0.15) is 47.5 Å². The Morgan fingerprint density at radius 3 is 2.21 bits per heavy atom. The van der Waals surface area contributed by atoms with Gasteiger partial charge in [0.05, 0.1) is 0 Å². The largest absolute Gasteiger partial charge is 0.490 e. The number of amides is 2. The van der Waals surface area contributed by atoms with Gasteiger partial charge >= 0.3 is 6.09 Å². The molecule has 1 aromatic rings. The number of carboxylic acid groups (broad SMARTS) is 1. The van der Waals surface area contributed by atoms with Crippen LogP contribution in [0.2, 0.25) is 0 Å². The van der Waals surface area contributed by atoms with Crippen molar-refractivity contribution in [3.05, 3.63) is 29.8 Å². The van der Waals surface area contributed by atoms with Crippen molar-refractivity contribution in [2.75, 3.05) is 13.1 Å². The molecule has 0 spiro atoms. The first-order valence-electron chi connectivity index (χ1n) is 9.84. The summed E-state index contributed by atoms with van der Waals surface area (Å²) in [5.41, 5.74) is -0.718. The van der Waals surface area contributed by atoms with Gasteiger partial charge in [-0.15, -0.1) is 0 Å². The Balaban J connectivity index is 2.05. The summed E-state index contributed by atoms with van der Waals surface area (Å²) < 4.78 is 32.1. The molecule has 1 saturated heterocycles. The van der Waals surface area contributed by atoms with Crippen LogP contribution >= 0.6 is 0 Å². The van der Waals surface area contributed by atoms with Gasteiger partial charge in [0.15, 0.2) is 11.6 Å². The molecule has 1 aliphatic rings. The zero-order chi connectivity index (χ0) is 21.9. The lowest BCUT2D eigenvalue weighted by Crippen LogP contribution is -2.60. The number of piperidine rings is 1. The monoisotopic (exact) mass is 412 g/mol. The molecule has 1 aliphatic heterocycles. The fraction of sp³-hybridized carbons (Fsp3) is 0.619. The van der Waals surface area contributed by atoms with Crippen molar-refractivity contribution < 1.29 is 28.2 Å². The third-order valence-electron chi connectivity index (χ3n) is 5.04. The van der Waals surface area contributed by atoms with Gasteiger partial charge in [-0.3, -0.25) is 9.69 Å². The van der Waals surface area contributed by atoms with Crippen LogP contribution in [0.4, 0.5) is 13.6 Å². The maximum Gasteiger partial charge on any atom is 0.408 e.